The fourth-order valence-electron chi connectivity index (χ4n) is 3.69. The molecule has 1 spiro atoms. The number of fused-ring (bicyclic) bond motifs is 1. The van der Waals surface area contributed by atoms with Gasteiger partial charge >= 0.3 is 6.03 Å². The summed E-state index contributed by atoms with van der Waals surface area (Å²) in [5.41, 5.74) is 1.96. The number of hydrogen-bond acceptors (Lipinski definition) is 5. The number of carbonyl (C=O) groups excluding carboxylic acids is 1. The summed E-state index contributed by atoms with van der Waals surface area (Å²) in [6.45, 7) is 4.20. The highest BCUT2D eigenvalue weighted by Crippen LogP contribution is 2.34. The number of amides is 2. The molecule has 2 fully saturated rings. The van der Waals surface area contributed by atoms with Crippen LogP contribution >= 0.6 is 0 Å². The molecule has 1 unspecified atom stereocenters. The van der Waals surface area contributed by atoms with Crippen LogP contribution in [0.2, 0.25) is 0 Å². The van der Waals surface area contributed by atoms with Gasteiger partial charge in [-0.05, 0) is 32.4 Å². The number of aromatic nitrogens is 2. The Hall–Kier alpha value is -1.73. The van der Waals surface area contributed by atoms with E-state index in [1.54, 1.807) is 6.33 Å². The maximum Gasteiger partial charge on any atom is 0.323 e. The lowest BCUT2D eigenvalue weighted by Gasteiger charge is -2.40. The largest absolute Gasteiger partial charge is 0.335 e. The van der Waals surface area contributed by atoms with Crippen LogP contribution in [0.15, 0.2) is 6.33 Å². The topological polar surface area (TPSA) is 82.2 Å². The summed E-state index contributed by atoms with van der Waals surface area (Å²) >= 11 is 0. The van der Waals surface area contributed by atoms with Crippen molar-refractivity contribution in [3.63, 3.8) is 0 Å². The van der Waals surface area contributed by atoms with Crippen molar-refractivity contribution in [3.05, 3.63) is 17.6 Å². The van der Waals surface area contributed by atoms with Gasteiger partial charge in [0.1, 0.15) is 12.1 Å². The van der Waals surface area contributed by atoms with E-state index in [1.165, 1.54) is 0 Å². The monoisotopic (exact) mass is 288 g/mol. The highest BCUT2D eigenvalue weighted by atomic mass is 16.2. The summed E-state index contributed by atoms with van der Waals surface area (Å²) in [7, 11) is 0. The lowest BCUT2D eigenvalue weighted by molar-refractivity contribution is 0.248. The normalized spacial score (nSPS) is 28.6. The second kappa shape index (κ2) is 4.92. The van der Waals surface area contributed by atoms with Gasteiger partial charge < -0.3 is 16.0 Å². The van der Waals surface area contributed by atoms with Gasteiger partial charge in [0.15, 0.2) is 0 Å². The van der Waals surface area contributed by atoms with Crippen molar-refractivity contribution < 1.29 is 4.79 Å². The fraction of sp³-hybridized carbons (Fsp3) is 0.643. The van der Waals surface area contributed by atoms with E-state index in [0.717, 1.165) is 62.5 Å². The van der Waals surface area contributed by atoms with E-state index in [2.05, 4.69) is 25.9 Å². The molecular weight excluding hydrogens is 268 g/mol. The Kier molecular flexibility index (Phi) is 3.04. The number of anilines is 1. The molecule has 3 N–H and O–H groups in total. The number of hydrogen-bond donors (Lipinski definition) is 3. The van der Waals surface area contributed by atoms with E-state index in [-0.39, 0.29) is 11.6 Å². The molecule has 0 aliphatic carbocycles. The first-order valence-electron chi connectivity index (χ1n) is 7.62. The second-order valence-electron chi connectivity index (χ2n) is 6.05. The van der Waals surface area contributed by atoms with Crippen LogP contribution in [0.5, 0.6) is 0 Å². The third kappa shape index (κ3) is 1.99. The highest BCUT2D eigenvalue weighted by molar-refractivity contribution is 5.96. The van der Waals surface area contributed by atoms with Crippen molar-refractivity contribution in [2.75, 3.05) is 31.1 Å². The van der Waals surface area contributed by atoms with Crippen LogP contribution in [-0.2, 0) is 13.0 Å². The minimum Gasteiger partial charge on any atom is -0.335 e. The van der Waals surface area contributed by atoms with E-state index in [9.17, 15) is 4.79 Å². The molecule has 0 saturated carbocycles. The van der Waals surface area contributed by atoms with Gasteiger partial charge in [0.05, 0.1) is 11.2 Å². The van der Waals surface area contributed by atoms with Crippen molar-refractivity contribution in [1.29, 1.82) is 0 Å². The van der Waals surface area contributed by atoms with Gasteiger partial charge in [0, 0.05) is 25.2 Å². The molecule has 0 radical (unpaired) electrons. The summed E-state index contributed by atoms with van der Waals surface area (Å²) < 4.78 is 0. The first-order chi connectivity index (χ1) is 10.3. The molecular formula is C14H20N6O. The van der Waals surface area contributed by atoms with Crippen molar-refractivity contribution >= 4 is 11.8 Å². The van der Waals surface area contributed by atoms with E-state index >= 15 is 0 Å². The number of nitrogens with zero attached hydrogens (tertiary/aromatic N) is 3. The first-order valence-corrected chi connectivity index (χ1v) is 7.62. The molecule has 4 rings (SSSR count). The summed E-state index contributed by atoms with van der Waals surface area (Å²) in [4.78, 5) is 23.2. The van der Waals surface area contributed by atoms with Crippen LogP contribution < -0.4 is 20.9 Å². The number of urea groups is 1. The van der Waals surface area contributed by atoms with Crippen LogP contribution in [0.1, 0.15) is 24.1 Å². The zero-order valence-corrected chi connectivity index (χ0v) is 12.0. The summed E-state index contributed by atoms with van der Waals surface area (Å²) in [6.07, 6.45) is 4.55. The summed E-state index contributed by atoms with van der Waals surface area (Å²) in [5, 5.41) is 9.75. The quantitative estimate of drug-likeness (QED) is 0.665. The number of rotatable bonds is 1. The fourth-order valence-corrected chi connectivity index (χ4v) is 3.69. The Bertz CT molecular complexity index is 569. The Morgan fingerprint density at radius 1 is 1.19 bits per heavy atom. The van der Waals surface area contributed by atoms with Gasteiger partial charge in [-0.3, -0.25) is 4.90 Å². The van der Waals surface area contributed by atoms with Crippen LogP contribution in [0.4, 0.5) is 10.6 Å². The molecule has 0 aromatic carbocycles. The average Bonchev–Trinajstić information content (AvgIpc) is 2.84. The van der Waals surface area contributed by atoms with Crippen LogP contribution in [-0.4, -0.2) is 47.7 Å². The van der Waals surface area contributed by atoms with Crippen molar-refractivity contribution in [3.8, 4) is 0 Å². The second-order valence-corrected chi connectivity index (χ2v) is 6.05. The minimum atomic E-state index is -0.178. The zero-order valence-electron chi connectivity index (χ0n) is 12.0. The van der Waals surface area contributed by atoms with E-state index < -0.39 is 0 Å². The zero-order chi connectivity index (χ0) is 14.3. The van der Waals surface area contributed by atoms with Gasteiger partial charge in [0.2, 0.25) is 0 Å². The maximum atomic E-state index is 12.4. The van der Waals surface area contributed by atoms with Crippen molar-refractivity contribution in [2.24, 2.45) is 0 Å². The van der Waals surface area contributed by atoms with Crippen molar-refractivity contribution in [1.82, 2.24) is 25.9 Å². The molecule has 2 saturated heterocycles. The van der Waals surface area contributed by atoms with Crippen molar-refractivity contribution in [2.45, 2.75) is 31.3 Å². The third-order valence-electron chi connectivity index (χ3n) is 4.76. The van der Waals surface area contributed by atoms with Crippen LogP contribution in [0.25, 0.3) is 0 Å². The van der Waals surface area contributed by atoms with E-state index in [1.807, 2.05) is 4.90 Å². The molecule has 7 heteroatoms. The highest BCUT2D eigenvalue weighted by Gasteiger charge is 2.48. The molecule has 3 aliphatic rings. The first kappa shape index (κ1) is 13.0. The average molecular weight is 288 g/mol. The molecule has 21 heavy (non-hydrogen) atoms. The van der Waals surface area contributed by atoms with Gasteiger partial charge in [0.25, 0.3) is 0 Å². The van der Waals surface area contributed by atoms with Crippen LogP contribution in [0, 0.1) is 0 Å². The molecule has 4 heterocycles. The molecule has 3 aliphatic heterocycles. The Morgan fingerprint density at radius 2 is 2.14 bits per heavy atom. The predicted molar refractivity (Wildman–Crippen MR) is 78.2 cm³/mol. The van der Waals surface area contributed by atoms with Gasteiger partial charge in [-0.15, -0.1) is 0 Å². The SMILES string of the molecule is O=C1NCC2(CCCNC2)N1c1ncnc2c1CCNC2. The van der Waals surface area contributed by atoms with Gasteiger partial charge in [-0.2, -0.15) is 0 Å². The number of nitrogens with one attached hydrogen (secondary N) is 3. The van der Waals surface area contributed by atoms with E-state index in [4.69, 9.17) is 0 Å². The van der Waals surface area contributed by atoms with E-state index in [0.29, 0.717) is 6.54 Å². The molecule has 1 aromatic rings. The summed E-state index contributed by atoms with van der Waals surface area (Å²) in [5.74, 6) is 0.806. The molecule has 2 amide bonds. The van der Waals surface area contributed by atoms with Gasteiger partial charge in [-0.1, -0.05) is 0 Å². The Balaban J connectivity index is 1.78. The van der Waals surface area contributed by atoms with Crippen LogP contribution in [0.3, 0.4) is 0 Å². The molecule has 0 bridgehead atoms. The Labute approximate surface area is 123 Å². The number of piperidine rings is 1. The molecule has 7 nitrogen and oxygen atoms in total. The lowest BCUT2D eigenvalue weighted by atomic mass is 9.89. The maximum absolute atomic E-state index is 12.4. The molecule has 1 aromatic heterocycles. The minimum absolute atomic E-state index is 0.0295. The smallest absolute Gasteiger partial charge is 0.323 e. The molecule has 1 atom stereocenters. The lowest BCUT2D eigenvalue weighted by Crippen LogP contribution is -2.57. The standard InChI is InChI=1S/C14H20N6O/c21-13-17-8-14(3-1-4-16-7-14)20(13)12-10-2-5-15-6-11(10)18-9-19-12/h9,15-16H,1-8H2,(H,17,21). The third-order valence-corrected chi connectivity index (χ3v) is 4.76. The Morgan fingerprint density at radius 3 is 3.00 bits per heavy atom. The predicted octanol–water partition coefficient (Wildman–Crippen LogP) is -0.226. The van der Waals surface area contributed by atoms with Gasteiger partial charge in [-0.25, -0.2) is 14.8 Å². The number of carbonyl (C=O) groups is 1. The summed E-state index contributed by atoms with van der Waals surface area (Å²) in [6, 6.07) is -0.0295. The molecule has 112 valence electrons.